The highest BCUT2D eigenvalue weighted by Gasteiger charge is 2.32. The van der Waals surface area contributed by atoms with Gasteiger partial charge in [0.15, 0.2) is 0 Å². The molecule has 20 heteroatoms. The zero-order valence-electron chi connectivity index (χ0n) is 43.7. The first kappa shape index (κ1) is 53.0. The fourth-order valence-electron chi connectivity index (χ4n) is 12.0. The van der Waals surface area contributed by atoms with Crippen molar-refractivity contribution in [1.29, 1.82) is 0 Å². The SMILES string of the molecule is C=CC(=O)N1CCN(c2nc(OC[C@@H]3CCCN3C)nc3c2CCN(c2c(C)ccc4[nH]ncc24)C3)CC1.Cc1ccc2[nH]ncc2c1N1CCc2c(nc(OC[C@@H]3CCCN3C)nc2N2CCCCC2)C1.S.S. The van der Waals surface area contributed by atoms with E-state index in [0.29, 0.717) is 57.0 Å². The van der Waals surface area contributed by atoms with Crippen LogP contribution in [0.5, 0.6) is 12.0 Å². The molecule has 0 radical (unpaired) electrons. The Balaban J connectivity index is 0.000000178. The Labute approximate surface area is 449 Å². The third-order valence-corrected chi connectivity index (χ3v) is 16.1. The molecule has 4 saturated heterocycles. The predicted molar refractivity (Wildman–Crippen MR) is 303 cm³/mol. The normalized spacial score (nSPS) is 20.1. The second-order valence-electron chi connectivity index (χ2n) is 20.7. The maximum atomic E-state index is 12.1. The molecule has 2 aromatic carbocycles. The summed E-state index contributed by atoms with van der Waals surface area (Å²) in [6, 6.07) is 10.4. The number of amides is 1. The molecule has 6 aromatic rings. The summed E-state index contributed by atoms with van der Waals surface area (Å²) in [6.07, 6.45) is 15.6. The van der Waals surface area contributed by atoms with E-state index >= 15 is 0 Å². The molecule has 2 N–H and O–H groups in total. The molecule has 396 valence electrons. The number of benzene rings is 2. The molecule has 4 fully saturated rings. The Morgan fingerprint density at radius 3 is 1.53 bits per heavy atom. The number of aromatic nitrogens is 8. The van der Waals surface area contributed by atoms with Gasteiger partial charge in [0.05, 0.1) is 59.3 Å². The molecule has 12 rings (SSSR count). The van der Waals surface area contributed by atoms with Gasteiger partial charge in [-0.15, -0.1) is 0 Å². The molecule has 0 spiro atoms. The molecule has 0 aliphatic carbocycles. The number of likely N-dealkylation sites (tertiary alicyclic amines) is 2. The van der Waals surface area contributed by atoms with E-state index in [9.17, 15) is 4.79 Å². The first-order valence-electron chi connectivity index (χ1n) is 26.4. The second-order valence-corrected chi connectivity index (χ2v) is 20.7. The van der Waals surface area contributed by atoms with Crippen LogP contribution >= 0.6 is 27.0 Å². The zero-order chi connectivity index (χ0) is 49.3. The van der Waals surface area contributed by atoms with Gasteiger partial charge in [0.1, 0.15) is 24.8 Å². The van der Waals surface area contributed by atoms with Gasteiger partial charge in [-0.1, -0.05) is 18.7 Å². The fourth-order valence-corrected chi connectivity index (χ4v) is 12.0. The van der Waals surface area contributed by atoms with E-state index in [4.69, 9.17) is 29.4 Å². The number of piperidine rings is 1. The predicted octanol–water partition coefficient (Wildman–Crippen LogP) is 6.44. The summed E-state index contributed by atoms with van der Waals surface area (Å²) in [6.45, 7) is 19.7. The molecular formula is C54H75N15O3S2. The number of hydrogen-bond acceptors (Lipinski definition) is 15. The van der Waals surface area contributed by atoms with Crippen molar-refractivity contribution >= 4 is 77.7 Å². The Kier molecular flexibility index (Phi) is 16.7. The lowest BCUT2D eigenvalue weighted by molar-refractivity contribution is -0.126. The average molecular weight is 1050 g/mol. The number of likely N-dealkylation sites (N-methyl/N-ethyl adjacent to an activating group) is 2. The van der Waals surface area contributed by atoms with Gasteiger partial charge < -0.3 is 43.8 Å². The van der Waals surface area contributed by atoms with Crippen LogP contribution in [0.1, 0.15) is 78.6 Å². The Bertz CT molecular complexity index is 2920. The Morgan fingerprint density at radius 2 is 1.08 bits per heavy atom. The Hall–Kier alpha value is -5.83. The van der Waals surface area contributed by atoms with Crippen molar-refractivity contribution in [1.82, 2.24) is 55.0 Å². The second kappa shape index (κ2) is 23.4. The maximum absolute atomic E-state index is 12.1. The van der Waals surface area contributed by atoms with Gasteiger partial charge in [-0.25, -0.2) is 0 Å². The van der Waals surface area contributed by atoms with Crippen LogP contribution in [0.15, 0.2) is 49.3 Å². The van der Waals surface area contributed by atoms with Crippen molar-refractivity contribution in [3.8, 4) is 12.0 Å². The monoisotopic (exact) mass is 1050 g/mol. The van der Waals surface area contributed by atoms with Crippen LogP contribution in [0.25, 0.3) is 21.8 Å². The van der Waals surface area contributed by atoms with E-state index in [2.05, 4.69) is 109 Å². The van der Waals surface area contributed by atoms with Crippen molar-refractivity contribution in [3.05, 3.63) is 83.0 Å². The number of fused-ring (bicyclic) bond motifs is 4. The molecule has 18 nitrogen and oxygen atoms in total. The first-order valence-corrected chi connectivity index (χ1v) is 26.4. The molecule has 0 bridgehead atoms. The lowest BCUT2D eigenvalue weighted by Crippen LogP contribution is -2.49. The number of nitrogens with zero attached hydrogens (tertiary/aromatic N) is 13. The van der Waals surface area contributed by atoms with Crippen LogP contribution < -0.4 is 29.1 Å². The van der Waals surface area contributed by atoms with E-state index in [0.717, 1.165) is 118 Å². The minimum Gasteiger partial charge on any atom is -0.462 e. The number of piperazine rings is 1. The number of anilines is 4. The van der Waals surface area contributed by atoms with Crippen molar-refractivity contribution in [2.75, 3.05) is 112 Å². The van der Waals surface area contributed by atoms with E-state index in [-0.39, 0.29) is 32.9 Å². The number of carbonyl (C=O) groups is 1. The summed E-state index contributed by atoms with van der Waals surface area (Å²) in [5.74, 6) is 2.05. The third-order valence-electron chi connectivity index (χ3n) is 16.1. The number of ether oxygens (including phenoxy) is 2. The van der Waals surface area contributed by atoms with E-state index in [1.54, 1.807) is 0 Å². The highest BCUT2D eigenvalue weighted by molar-refractivity contribution is 7.59. The lowest BCUT2D eigenvalue weighted by Gasteiger charge is -2.38. The summed E-state index contributed by atoms with van der Waals surface area (Å²) in [5.41, 5.74) is 11.7. The molecule has 2 atom stereocenters. The average Bonchev–Trinajstić information content (AvgIpc) is 4.26. The number of carbonyl (C=O) groups excluding carboxylic acids is 1. The van der Waals surface area contributed by atoms with Gasteiger partial charge in [-0.2, -0.15) is 57.1 Å². The van der Waals surface area contributed by atoms with E-state index in [1.807, 2.05) is 17.3 Å². The van der Waals surface area contributed by atoms with Crippen LogP contribution in [-0.2, 0) is 30.7 Å². The van der Waals surface area contributed by atoms with Crippen molar-refractivity contribution < 1.29 is 14.3 Å². The lowest BCUT2D eigenvalue weighted by atomic mass is 10.0. The summed E-state index contributed by atoms with van der Waals surface area (Å²) in [7, 11) is 4.34. The molecule has 6 aliphatic heterocycles. The number of aryl methyl sites for hydroxylation is 2. The van der Waals surface area contributed by atoms with Crippen molar-refractivity contribution in [3.63, 3.8) is 0 Å². The van der Waals surface area contributed by atoms with Crippen LogP contribution in [0.4, 0.5) is 23.0 Å². The van der Waals surface area contributed by atoms with E-state index < -0.39 is 0 Å². The molecule has 10 heterocycles. The molecule has 1 amide bonds. The van der Waals surface area contributed by atoms with Gasteiger partial charge in [-0.3, -0.25) is 15.0 Å². The molecule has 6 aliphatic rings. The molecular weight excluding hydrogens is 971 g/mol. The molecule has 4 aromatic heterocycles. The molecule has 74 heavy (non-hydrogen) atoms. The van der Waals surface area contributed by atoms with Gasteiger partial charge in [-0.05, 0) is 128 Å². The third kappa shape index (κ3) is 11.0. The highest BCUT2D eigenvalue weighted by atomic mass is 32.1. The zero-order valence-corrected chi connectivity index (χ0v) is 45.7. The van der Waals surface area contributed by atoms with Crippen LogP contribution in [0.3, 0.4) is 0 Å². The van der Waals surface area contributed by atoms with Gasteiger partial charge in [0, 0.05) is 86.3 Å². The fraction of sp³-hybridized carbons (Fsp3) is 0.537. The van der Waals surface area contributed by atoms with E-state index in [1.165, 1.54) is 83.6 Å². The summed E-state index contributed by atoms with van der Waals surface area (Å²) in [5, 5.41) is 17.1. The van der Waals surface area contributed by atoms with Crippen molar-refractivity contribution in [2.24, 2.45) is 0 Å². The maximum Gasteiger partial charge on any atom is 0.318 e. The molecule has 0 saturated carbocycles. The topological polar surface area (TPSA) is 167 Å². The van der Waals surface area contributed by atoms with Crippen LogP contribution in [-0.4, -0.2) is 166 Å². The standard InChI is InChI=1S/C28H36N8O2.C26H35N7O.2H2S/c1-4-25(37)34-12-14-35(15-13-34)27-21-9-11-36(26-19(2)7-8-23-22(26)16-29-32-23)17-24(21)30-28(31-27)38-18-20-6-5-10-33(20)3;1-18-8-9-22-21(15-27-30-22)24(18)33-14-10-20-23(16-33)28-26(34-17-19-7-6-11-31(19)2)29-25(20)32-12-4-3-5-13-32;;/h4,7-8,16,20H,1,5-6,9-15,17-18H2,2-3H3,(H,29,32);8-9,15,19H,3-7,10-14,16-17H2,1-2H3,(H,27,30);2*1H2/t20-;19-;;/m00../s1. The smallest absolute Gasteiger partial charge is 0.318 e. The number of rotatable bonds is 11. The van der Waals surface area contributed by atoms with Gasteiger partial charge in [0.25, 0.3) is 0 Å². The largest absolute Gasteiger partial charge is 0.462 e. The number of aromatic amines is 2. The minimum atomic E-state index is -0.0153. The van der Waals surface area contributed by atoms with Crippen LogP contribution in [0, 0.1) is 13.8 Å². The number of nitrogens with one attached hydrogen (secondary N) is 2. The first-order chi connectivity index (χ1) is 35.2. The van der Waals surface area contributed by atoms with Gasteiger partial charge >= 0.3 is 12.0 Å². The molecule has 0 unspecified atom stereocenters. The number of hydrogen-bond donors (Lipinski definition) is 2. The van der Waals surface area contributed by atoms with Crippen molar-refractivity contribution in [2.45, 2.75) is 96.8 Å². The number of H-pyrrole nitrogens is 2. The summed E-state index contributed by atoms with van der Waals surface area (Å²) in [4.78, 5) is 48.2. The summed E-state index contributed by atoms with van der Waals surface area (Å²) < 4.78 is 12.5. The minimum absolute atomic E-state index is 0. The van der Waals surface area contributed by atoms with Gasteiger partial charge in [0.2, 0.25) is 5.91 Å². The quantitative estimate of drug-likeness (QED) is 0.136. The highest BCUT2D eigenvalue weighted by Crippen LogP contribution is 2.38. The Morgan fingerprint density at radius 1 is 0.608 bits per heavy atom. The summed E-state index contributed by atoms with van der Waals surface area (Å²) >= 11 is 0. The van der Waals surface area contributed by atoms with Crippen LogP contribution in [0.2, 0.25) is 0 Å².